The fourth-order valence-corrected chi connectivity index (χ4v) is 2.32. The molecule has 0 bridgehead atoms. The smallest absolute Gasteiger partial charge is 0.234 e. The molecule has 0 spiro atoms. The summed E-state index contributed by atoms with van der Waals surface area (Å²) in [5.41, 5.74) is 0. The van der Waals surface area contributed by atoms with Crippen LogP contribution in [-0.2, 0) is 0 Å². The van der Waals surface area contributed by atoms with Crippen LogP contribution in [0.2, 0.25) is 0 Å². The SMILES string of the molecule is CCCN(c1cncc(OCC)n1)C1CCNC1. The monoisotopic (exact) mass is 250 g/mol. The Morgan fingerprint density at radius 1 is 1.44 bits per heavy atom. The average Bonchev–Trinajstić information content (AvgIpc) is 2.90. The van der Waals surface area contributed by atoms with Crippen LogP contribution in [0, 0.1) is 0 Å². The zero-order valence-corrected chi connectivity index (χ0v) is 11.2. The maximum Gasteiger partial charge on any atom is 0.234 e. The van der Waals surface area contributed by atoms with Crippen molar-refractivity contribution >= 4 is 5.82 Å². The molecule has 5 nitrogen and oxygen atoms in total. The Hall–Kier alpha value is -1.36. The number of nitrogens with zero attached hydrogens (tertiary/aromatic N) is 3. The molecule has 2 heterocycles. The van der Waals surface area contributed by atoms with Gasteiger partial charge in [-0.25, -0.2) is 0 Å². The standard InChI is InChI=1S/C13H22N4O/c1-3-7-17(11-5-6-14-8-11)12-9-15-10-13(16-12)18-4-2/h9-11,14H,3-8H2,1-2H3. The molecule has 0 amide bonds. The van der Waals surface area contributed by atoms with Crippen molar-refractivity contribution in [2.45, 2.75) is 32.7 Å². The Morgan fingerprint density at radius 2 is 2.33 bits per heavy atom. The van der Waals surface area contributed by atoms with E-state index in [1.165, 1.54) is 6.42 Å². The molecular formula is C13H22N4O. The molecule has 18 heavy (non-hydrogen) atoms. The summed E-state index contributed by atoms with van der Waals surface area (Å²) < 4.78 is 5.42. The van der Waals surface area contributed by atoms with Crippen LogP contribution in [0.15, 0.2) is 12.4 Å². The van der Waals surface area contributed by atoms with E-state index in [0.29, 0.717) is 18.5 Å². The number of ether oxygens (including phenoxy) is 1. The molecule has 2 rings (SSSR count). The third-order valence-corrected chi connectivity index (χ3v) is 3.13. The summed E-state index contributed by atoms with van der Waals surface area (Å²) in [6, 6.07) is 0.524. The van der Waals surface area contributed by atoms with E-state index in [1.54, 1.807) is 6.20 Å². The Kier molecular flexibility index (Phi) is 4.75. The quantitative estimate of drug-likeness (QED) is 0.828. The van der Waals surface area contributed by atoms with Crippen LogP contribution in [0.5, 0.6) is 5.88 Å². The predicted octanol–water partition coefficient (Wildman–Crippen LogP) is 1.45. The highest BCUT2D eigenvalue weighted by Gasteiger charge is 2.23. The van der Waals surface area contributed by atoms with Gasteiger partial charge in [0, 0.05) is 19.1 Å². The molecule has 1 N–H and O–H groups in total. The number of hydrogen-bond donors (Lipinski definition) is 1. The first-order chi connectivity index (χ1) is 8.85. The molecule has 0 saturated carbocycles. The number of hydrogen-bond acceptors (Lipinski definition) is 5. The minimum Gasteiger partial charge on any atom is -0.477 e. The maximum atomic E-state index is 5.42. The van der Waals surface area contributed by atoms with Crippen molar-refractivity contribution in [1.82, 2.24) is 15.3 Å². The van der Waals surface area contributed by atoms with Gasteiger partial charge in [0.2, 0.25) is 5.88 Å². The van der Waals surface area contributed by atoms with E-state index in [4.69, 9.17) is 4.74 Å². The van der Waals surface area contributed by atoms with Crippen molar-refractivity contribution in [1.29, 1.82) is 0 Å². The van der Waals surface area contributed by atoms with Gasteiger partial charge in [0.05, 0.1) is 19.0 Å². The van der Waals surface area contributed by atoms with E-state index in [0.717, 1.165) is 31.9 Å². The molecule has 0 aliphatic carbocycles. The molecule has 0 radical (unpaired) electrons. The normalized spacial score (nSPS) is 18.9. The van der Waals surface area contributed by atoms with Crippen molar-refractivity contribution in [3.8, 4) is 5.88 Å². The molecule has 100 valence electrons. The molecule has 5 heteroatoms. The van der Waals surface area contributed by atoms with Gasteiger partial charge in [-0.1, -0.05) is 6.92 Å². The van der Waals surface area contributed by atoms with Crippen molar-refractivity contribution in [2.24, 2.45) is 0 Å². The second-order valence-corrected chi connectivity index (χ2v) is 4.49. The van der Waals surface area contributed by atoms with Gasteiger partial charge < -0.3 is 15.0 Å². The van der Waals surface area contributed by atoms with Gasteiger partial charge in [-0.15, -0.1) is 0 Å². The summed E-state index contributed by atoms with van der Waals surface area (Å²) in [6.07, 6.45) is 5.78. The van der Waals surface area contributed by atoms with Crippen LogP contribution in [0.25, 0.3) is 0 Å². The largest absolute Gasteiger partial charge is 0.477 e. The highest BCUT2D eigenvalue weighted by molar-refractivity contribution is 5.39. The Balaban J connectivity index is 2.15. The predicted molar refractivity (Wildman–Crippen MR) is 72.1 cm³/mol. The second kappa shape index (κ2) is 6.54. The average molecular weight is 250 g/mol. The van der Waals surface area contributed by atoms with Crippen molar-refractivity contribution < 1.29 is 4.74 Å². The van der Waals surface area contributed by atoms with E-state index in [-0.39, 0.29) is 0 Å². The molecule has 1 atom stereocenters. The molecule has 1 aromatic rings. The minimum atomic E-state index is 0.524. The maximum absolute atomic E-state index is 5.42. The molecule has 1 fully saturated rings. The number of nitrogens with one attached hydrogen (secondary N) is 1. The Labute approximate surface area is 109 Å². The van der Waals surface area contributed by atoms with Crippen molar-refractivity contribution in [2.75, 3.05) is 31.1 Å². The minimum absolute atomic E-state index is 0.524. The summed E-state index contributed by atoms with van der Waals surface area (Å²) >= 11 is 0. The van der Waals surface area contributed by atoms with Crippen molar-refractivity contribution in [3.05, 3.63) is 12.4 Å². The third kappa shape index (κ3) is 3.10. The van der Waals surface area contributed by atoms with Crippen LogP contribution < -0.4 is 15.0 Å². The summed E-state index contributed by atoms with van der Waals surface area (Å²) in [5.74, 6) is 1.54. The molecule has 1 unspecified atom stereocenters. The van der Waals surface area contributed by atoms with E-state index < -0.39 is 0 Å². The van der Waals surface area contributed by atoms with Gasteiger partial charge in [-0.2, -0.15) is 4.98 Å². The first kappa shape index (κ1) is 13.1. The van der Waals surface area contributed by atoms with Gasteiger partial charge >= 0.3 is 0 Å². The summed E-state index contributed by atoms with van der Waals surface area (Å²) in [5, 5.41) is 3.40. The van der Waals surface area contributed by atoms with E-state index in [1.807, 2.05) is 13.1 Å². The van der Waals surface area contributed by atoms with Crippen LogP contribution in [0.3, 0.4) is 0 Å². The number of aromatic nitrogens is 2. The fourth-order valence-electron chi connectivity index (χ4n) is 2.32. The van der Waals surface area contributed by atoms with Gasteiger partial charge in [0.25, 0.3) is 0 Å². The topological polar surface area (TPSA) is 50.3 Å². The lowest BCUT2D eigenvalue weighted by Gasteiger charge is -2.29. The number of rotatable bonds is 6. The van der Waals surface area contributed by atoms with Crippen LogP contribution in [-0.4, -0.2) is 42.3 Å². The van der Waals surface area contributed by atoms with Crippen LogP contribution in [0.4, 0.5) is 5.82 Å². The van der Waals surface area contributed by atoms with E-state index in [2.05, 4.69) is 27.1 Å². The third-order valence-electron chi connectivity index (χ3n) is 3.13. The highest BCUT2D eigenvalue weighted by atomic mass is 16.5. The second-order valence-electron chi connectivity index (χ2n) is 4.49. The Bertz CT molecular complexity index is 366. The molecule has 1 aliphatic rings. The number of anilines is 1. The molecule has 0 aromatic carbocycles. The van der Waals surface area contributed by atoms with E-state index in [9.17, 15) is 0 Å². The zero-order valence-electron chi connectivity index (χ0n) is 11.2. The molecule has 1 aliphatic heterocycles. The molecular weight excluding hydrogens is 228 g/mol. The lowest BCUT2D eigenvalue weighted by Crippen LogP contribution is -2.38. The summed E-state index contributed by atoms with van der Waals surface area (Å²) in [7, 11) is 0. The van der Waals surface area contributed by atoms with Crippen molar-refractivity contribution in [3.63, 3.8) is 0 Å². The van der Waals surface area contributed by atoms with Gasteiger partial charge in [0.1, 0.15) is 0 Å². The van der Waals surface area contributed by atoms with Crippen LogP contribution >= 0.6 is 0 Å². The van der Waals surface area contributed by atoms with Gasteiger partial charge in [-0.05, 0) is 26.3 Å². The first-order valence-electron chi connectivity index (χ1n) is 6.77. The van der Waals surface area contributed by atoms with E-state index >= 15 is 0 Å². The molecule has 1 saturated heterocycles. The van der Waals surface area contributed by atoms with Gasteiger partial charge in [-0.3, -0.25) is 4.98 Å². The lowest BCUT2D eigenvalue weighted by molar-refractivity contribution is 0.325. The van der Waals surface area contributed by atoms with Gasteiger partial charge in [0.15, 0.2) is 5.82 Å². The first-order valence-corrected chi connectivity index (χ1v) is 6.77. The lowest BCUT2D eigenvalue weighted by atomic mass is 10.2. The highest BCUT2D eigenvalue weighted by Crippen LogP contribution is 2.19. The fraction of sp³-hybridized carbons (Fsp3) is 0.692. The molecule has 1 aromatic heterocycles. The Morgan fingerprint density at radius 3 is 3.00 bits per heavy atom. The zero-order chi connectivity index (χ0) is 12.8. The summed E-state index contributed by atoms with van der Waals surface area (Å²) in [4.78, 5) is 11.1. The summed E-state index contributed by atoms with van der Waals surface area (Å²) in [6.45, 7) is 7.89. The van der Waals surface area contributed by atoms with Crippen LogP contribution in [0.1, 0.15) is 26.7 Å².